The Morgan fingerprint density at radius 3 is 1.72 bits per heavy atom. The number of benzene rings is 2. The van der Waals surface area contributed by atoms with Gasteiger partial charge in [-0.25, -0.2) is 0 Å². The van der Waals surface area contributed by atoms with E-state index in [1.54, 1.807) is 12.4 Å². The second kappa shape index (κ2) is 18.3. The molecule has 0 bridgehead atoms. The Kier molecular flexibility index (Phi) is 12.9. The molecule has 58 heavy (non-hydrogen) atoms. The van der Waals surface area contributed by atoms with Gasteiger partial charge in [-0.1, -0.05) is 35.3 Å². The van der Waals surface area contributed by atoms with Crippen molar-refractivity contribution >= 4 is 72.6 Å². The molecule has 1 amide bonds. The van der Waals surface area contributed by atoms with Crippen LogP contribution >= 0.6 is 55.1 Å². The maximum absolute atomic E-state index is 13.0. The Morgan fingerprint density at radius 1 is 0.690 bits per heavy atom. The molecule has 4 unspecified atom stereocenters. The second-order valence-electron chi connectivity index (χ2n) is 15.6. The molecule has 2 fully saturated rings. The van der Waals surface area contributed by atoms with E-state index in [1.165, 1.54) is 33.4 Å². The number of carbonyl (C=O) groups is 2. The molecule has 3 aromatic heterocycles. The van der Waals surface area contributed by atoms with Crippen LogP contribution in [0.3, 0.4) is 0 Å². The Hall–Kier alpha value is -3.71. The first kappa shape index (κ1) is 41.0. The summed E-state index contributed by atoms with van der Waals surface area (Å²) >= 11 is 19.7. The Labute approximate surface area is 365 Å². The molecule has 2 saturated heterocycles. The van der Waals surface area contributed by atoms with Gasteiger partial charge in [0.2, 0.25) is 5.91 Å². The van der Waals surface area contributed by atoms with Gasteiger partial charge < -0.3 is 10.4 Å². The summed E-state index contributed by atoms with van der Waals surface area (Å²) < 4.78 is 1.97. The minimum Gasteiger partial charge on any atom is -0.481 e. The van der Waals surface area contributed by atoms with Crippen LogP contribution in [0.2, 0.25) is 10.0 Å². The number of anilines is 1. The molecule has 13 heteroatoms. The number of hydrogen-bond acceptors (Lipinski definition) is 7. The van der Waals surface area contributed by atoms with E-state index in [0.29, 0.717) is 13.1 Å². The monoisotopic (exact) mass is 944 g/mol. The van der Waals surface area contributed by atoms with Gasteiger partial charge >= 0.3 is 5.97 Å². The summed E-state index contributed by atoms with van der Waals surface area (Å²) in [5.74, 6) is -1.05. The molecule has 5 aromatic rings. The van der Waals surface area contributed by atoms with Crippen LogP contribution in [0, 0.1) is 11.8 Å². The molecule has 4 aliphatic rings. The van der Waals surface area contributed by atoms with Gasteiger partial charge in [-0.15, -0.1) is 0 Å². The highest BCUT2D eigenvalue weighted by Gasteiger charge is 2.37. The number of nitrogens with one attached hydrogen (secondary N) is 1. The zero-order valence-corrected chi connectivity index (χ0v) is 36.6. The van der Waals surface area contributed by atoms with Gasteiger partial charge in [0.25, 0.3) is 0 Å². The lowest BCUT2D eigenvalue weighted by atomic mass is 9.91. The summed E-state index contributed by atoms with van der Waals surface area (Å²) in [5.41, 5.74) is 10.3. The second-order valence-corrected chi connectivity index (χ2v) is 18.3. The predicted molar refractivity (Wildman–Crippen MR) is 234 cm³/mol. The summed E-state index contributed by atoms with van der Waals surface area (Å²) in [7, 11) is 0. The topological polar surface area (TPSA) is 112 Å². The SMILES string of the molecule is O=C(Nc1cccnc1)C1CCCN(C2c3ccc(Cl)cc3CCc3cc(Br)cnc32)C1.O=C(O)C1CCCN(C2c3ccc(Cl)cc3CCc3cc(Br)cnc32)C1. The number of pyridine rings is 3. The first-order chi connectivity index (χ1) is 28.1. The average Bonchev–Trinajstić information content (AvgIpc) is 3.48. The van der Waals surface area contributed by atoms with E-state index in [1.807, 2.05) is 42.7 Å². The third-order valence-electron chi connectivity index (χ3n) is 11.9. The number of halogens is 4. The molecule has 2 aliphatic heterocycles. The van der Waals surface area contributed by atoms with E-state index in [9.17, 15) is 14.7 Å². The maximum atomic E-state index is 13.0. The van der Waals surface area contributed by atoms with E-state index in [0.717, 1.165) is 101 Å². The number of piperidine rings is 2. The van der Waals surface area contributed by atoms with Gasteiger partial charge in [0.1, 0.15) is 0 Å². The van der Waals surface area contributed by atoms with Gasteiger partial charge in [0.05, 0.1) is 47.2 Å². The van der Waals surface area contributed by atoms with Crippen LogP contribution in [0.5, 0.6) is 0 Å². The van der Waals surface area contributed by atoms with Gasteiger partial charge in [-0.3, -0.25) is 34.3 Å². The van der Waals surface area contributed by atoms with Gasteiger partial charge in [-0.05, 0) is 178 Å². The Bertz CT molecular complexity index is 2210. The average molecular weight is 948 g/mol. The molecule has 2 aliphatic carbocycles. The fourth-order valence-corrected chi connectivity index (χ4v) is 10.3. The van der Waals surface area contributed by atoms with E-state index < -0.39 is 5.97 Å². The maximum Gasteiger partial charge on any atom is 0.307 e. The number of carboxylic acid groups (broad SMARTS) is 1. The van der Waals surface area contributed by atoms with Gasteiger partial charge in [-0.2, -0.15) is 0 Å². The minimum atomic E-state index is -0.705. The van der Waals surface area contributed by atoms with Gasteiger partial charge in [0.15, 0.2) is 0 Å². The van der Waals surface area contributed by atoms with Crippen molar-refractivity contribution in [3.63, 3.8) is 0 Å². The molecule has 0 spiro atoms. The molecule has 9 nitrogen and oxygen atoms in total. The predicted octanol–water partition coefficient (Wildman–Crippen LogP) is 9.91. The van der Waals surface area contributed by atoms with Gasteiger partial charge in [0, 0.05) is 50.7 Å². The van der Waals surface area contributed by atoms with Crippen molar-refractivity contribution in [1.82, 2.24) is 24.8 Å². The first-order valence-corrected chi connectivity index (χ1v) is 22.2. The highest BCUT2D eigenvalue weighted by Crippen LogP contribution is 2.41. The van der Waals surface area contributed by atoms with Crippen molar-refractivity contribution in [3.8, 4) is 0 Å². The van der Waals surface area contributed by atoms with Crippen molar-refractivity contribution in [2.75, 3.05) is 31.5 Å². The van der Waals surface area contributed by atoms with Crippen LogP contribution in [0.1, 0.15) is 82.5 Å². The van der Waals surface area contributed by atoms with E-state index in [2.05, 4.69) is 82.3 Å². The molecular formula is C45H44Br2Cl2N6O3. The standard InChI is InChI=1S/C25H24BrClN4O.C20H20BrClN2O2/c26-19-11-17-6-5-16-12-20(27)7-8-22(16)24(23(17)29-13-19)31-10-2-3-18(15-31)25(32)30-21-4-1-9-28-14-21;21-15-8-13-4-3-12-9-16(22)5-6-17(12)19(18(13)23-10-15)24-7-1-2-14(11-24)20(25)26/h1,4,7-9,11-14,18,24H,2-3,5-6,10,15H2,(H,30,32);5-6,8-10,14,19H,1-4,7,11H2,(H,25,26). The first-order valence-electron chi connectivity index (χ1n) is 19.9. The highest BCUT2D eigenvalue weighted by molar-refractivity contribution is 9.10. The van der Waals surface area contributed by atoms with Crippen LogP contribution < -0.4 is 5.32 Å². The highest BCUT2D eigenvalue weighted by atomic mass is 79.9. The number of nitrogens with zero attached hydrogens (tertiary/aromatic N) is 5. The molecule has 2 N–H and O–H groups in total. The third-order valence-corrected chi connectivity index (χ3v) is 13.2. The summed E-state index contributed by atoms with van der Waals surface area (Å²) in [4.78, 5) is 43.0. The number of aryl methyl sites for hydroxylation is 4. The van der Waals surface area contributed by atoms with Crippen LogP contribution in [0.4, 0.5) is 5.69 Å². The summed E-state index contributed by atoms with van der Waals surface area (Å²) in [6.45, 7) is 3.06. The largest absolute Gasteiger partial charge is 0.481 e. The Morgan fingerprint density at radius 2 is 1.21 bits per heavy atom. The van der Waals surface area contributed by atoms with Crippen molar-refractivity contribution in [3.05, 3.63) is 149 Å². The number of likely N-dealkylation sites (tertiary alicyclic amines) is 2. The number of hydrogen-bond donors (Lipinski definition) is 2. The molecule has 2 aromatic carbocycles. The van der Waals surface area contributed by atoms with E-state index >= 15 is 0 Å². The lowest BCUT2D eigenvalue weighted by molar-refractivity contribution is -0.143. The van der Waals surface area contributed by atoms with Crippen molar-refractivity contribution in [2.24, 2.45) is 11.8 Å². The van der Waals surface area contributed by atoms with Crippen molar-refractivity contribution in [2.45, 2.75) is 63.5 Å². The Balaban J connectivity index is 0.000000165. The number of fused-ring (bicyclic) bond motifs is 4. The molecule has 5 heterocycles. The fourth-order valence-electron chi connectivity index (χ4n) is 9.14. The number of amides is 1. The lowest BCUT2D eigenvalue weighted by Crippen LogP contribution is -2.43. The van der Waals surface area contributed by atoms with Crippen LogP contribution in [0.25, 0.3) is 0 Å². The summed E-state index contributed by atoms with van der Waals surface area (Å²) in [6.07, 6.45) is 14.2. The van der Waals surface area contributed by atoms with E-state index in [4.69, 9.17) is 33.2 Å². The normalized spacial score (nSPS) is 21.7. The van der Waals surface area contributed by atoms with Crippen molar-refractivity contribution in [1.29, 1.82) is 0 Å². The zero-order valence-electron chi connectivity index (χ0n) is 31.9. The smallest absolute Gasteiger partial charge is 0.307 e. The molecule has 9 rings (SSSR count). The lowest BCUT2D eigenvalue weighted by Gasteiger charge is -2.38. The fraction of sp³-hybridized carbons (Fsp3) is 0.356. The number of rotatable bonds is 5. The summed E-state index contributed by atoms with van der Waals surface area (Å²) in [5, 5.41) is 14.0. The van der Waals surface area contributed by atoms with Crippen LogP contribution in [-0.4, -0.2) is 67.9 Å². The summed E-state index contributed by atoms with van der Waals surface area (Å²) in [6, 6.07) is 20.3. The molecule has 0 radical (unpaired) electrons. The number of carboxylic acids is 1. The van der Waals surface area contributed by atoms with E-state index in [-0.39, 0.29) is 29.8 Å². The number of aliphatic carboxylic acids is 1. The number of aromatic nitrogens is 3. The zero-order chi connectivity index (χ0) is 40.3. The molecule has 0 saturated carbocycles. The van der Waals surface area contributed by atoms with Crippen molar-refractivity contribution < 1.29 is 14.7 Å². The molecular weight excluding hydrogens is 903 g/mol. The quantitative estimate of drug-likeness (QED) is 0.179. The molecule has 300 valence electrons. The molecule has 4 atom stereocenters. The minimum absolute atomic E-state index is 0.0156. The van der Waals surface area contributed by atoms with Crippen LogP contribution in [0.15, 0.2) is 94.4 Å². The third kappa shape index (κ3) is 9.20. The number of carbonyl (C=O) groups excluding carboxylic acids is 1. The van der Waals surface area contributed by atoms with Crippen LogP contribution in [-0.2, 0) is 35.3 Å².